The topological polar surface area (TPSA) is 93.2 Å². The lowest BCUT2D eigenvalue weighted by Crippen LogP contribution is -2.56. The van der Waals surface area contributed by atoms with E-state index in [1.54, 1.807) is 18.2 Å². The third-order valence-corrected chi connectivity index (χ3v) is 7.63. The Labute approximate surface area is 241 Å². The van der Waals surface area contributed by atoms with E-state index in [0.717, 1.165) is 36.2 Å². The molecule has 1 fully saturated rings. The summed E-state index contributed by atoms with van der Waals surface area (Å²) in [5.41, 5.74) is 3.06. The van der Waals surface area contributed by atoms with E-state index in [2.05, 4.69) is 21.3 Å². The molecule has 2 aromatic carbocycles. The molecule has 41 heavy (non-hydrogen) atoms. The minimum atomic E-state index is -0.226. The smallest absolute Gasteiger partial charge is 0.239 e. The van der Waals surface area contributed by atoms with Crippen LogP contribution in [0, 0.1) is 0 Å². The van der Waals surface area contributed by atoms with Gasteiger partial charge in [0.25, 0.3) is 0 Å². The number of benzene rings is 2. The van der Waals surface area contributed by atoms with E-state index in [4.69, 9.17) is 14.2 Å². The van der Waals surface area contributed by atoms with Crippen LogP contribution in [0.15, 0.2) is 67.0 Å². The van der Waals surface area contributed by atoms with Gasteiger partial charge in [0.1, 0.15) is 5.75 Å². The molecule has 0 aliphatic carbocycles. The molecule has 9 nitrogen and oxygen atoms in total. The third-order valence-electron chi connectivity index (χ3n) is 7.63. The molecule has 2 aliphatic heterocycles. The van der Waals surface area contributed by atoms with Gasteiger partial charge >= 0.3 is 0 Å². The van der Waals surface area contributed by atoms with Gasteiger partial charge in [-0.05, 0) is 66.8 Å². The van der Waals surface area contributed by atoms with Crippen molar-refractivity contribution >= 4 is 11.8 Å². The fourth-order valence-electron chi connectivity index (χ4n) is 5.40. The molecule has 2 atom stereocenters. The molecule has 4 bridgehead atoms. The van der Waals surface area contributed by atoms with Gasteiger partial charge in [0, 0.05) is 45.0 Å². The highest BCUT2D eigenvalue weighted by Gasteiger charge is 2.32. The van der Waals surface area contributed by atoms with Crippen LogP contribution in [0.2, 0.25) is 0 Å². The number of likely N-dealkylation sites (tertiary alicyclic amines) is 1. The van der Waals surface area contributed by atoms with Gasteiger partial charge in [-0.15, -0.1) is 0 Å². The third kappa shape index (κ3) is 7.62. The van der Waals surface area contributed by atoms with E-state index in [-0.39, 0.29) is 30.5 Å². The summed E-state index contributed by atoms with van der Waals surface area (Å²) in [4.78, 5) is 34.4. The van der Waals surface area contributed by atoms with Crippen LogP contribution in [0.5, 0.6) is 17.2 Å². The highest BCUT2D eigenvalue weighted by atomic mass is 16.5. The first-order valence-corrected chi connectivity index (χ1v) is 14.2. The molecule has 216 valence electrons. The molecular formula is C32H38N4O5. The van der Waals surface area contributed by atoms with Crippen molar-refractivity contribution in [3.63, 3.8) is 0 Å². The van der Waals surface area contributed by atoms with Crippen molar-refractivity contribution < 1.29 is 23.8 Å². The van der Waals surface area contributed by atoms with Crippen molar-refractivity contribution in [2.75, 3.05) is 33.3 Å². The summed E-state index contributed by atoms with van der Waals surface area (Å²) in [5, 5.41) is 3.18. The number of likely N-dealkylation sites (N-methyl/N-ethyl adjacent to an activating group) is 1. The number of carbonyl (C=O) groups excluding carboxylic acids is 2. The number of hydrogen-bond donors (Lipinski definition) is 1. The number of ether oxygens (including phenoxy) is 3. The van der Waals surface area contributed by atoms with Gasteiger partial charge in [-0.25, -0.2) is 0 Å². The predicted octanol–water partition coefficient (Wildman–Crippen LogP) is 3.95. The van der Waals surface area contributed by atoms with Gasteiger partial charge in [0.2, 0.25) is 11.8 Å². The summed E-state index contributed by atoms with van der Waals surface area (Å²) in [5.74, 6) is 1.64. The molecule has 1 aromatic heterocycles. The van der Waals surface area contributed by atoms with E-state index in [1.165, 1.54) is 0 Å². The number of rotatable bonds is 4. The first-order chi connectivity index (χ1) is 20.0. The Morgan fingerprint density at radius 2 is 1.98 bits per heavy atom. The van der Waals surface area contributed by atoms with Crippen LogP contribution in [-0.4, -0.2) is 72.0 Å². The summed E-state index contributed by atoms with van der Waals surface area (Å²) in [6, 6.07) is 17.3. The molecular weight excluding hydrogens is 520 g/mol. The molecule has 3 heterocycles. The second-order valence-corrected chi connectivity index (χ2v) is 10.6. The highest BCUT2D eigenvalue weighted by molar-refractivity contribution is 5.85. The molecule has 2 amide bonds. The number of nitrogens with one attached hydrogen (secondary N) is 1. The maximum Gasteiger partial charge on any atom is 0.239 e. The molecule has 0 saturated carbocycles. The molecule has 1 saturated heterocycles. The monoisotopic (exact) mass is 558 g/mol. The van der Waals surface area contributed by atoms with Crippen LogP contribution in [-0.2, 0) is 33.9 Å². The molecule has 3 aromatic rings. The Balaban J connectivity index is 1.40. The normalized spacial score (nSPS) is 20.7. The lowest BCUT2D eigenvalue weighted by atomic mass is 10.0. The van der Waals surface area contributed by atoms with Crippen molar-refractivity contribution in [3.8, 4) is 17.2 Å². The van der Waals surface area contributed by atoms with Crippen LogP contribution in [0.4, 0.5) is 0 Å². The highest BCUT2D eigenvalue weighted by Crippen LogP contribution is 2.33. The van der Waals surface area contributed by atoms with Crippen molar-refractivity contribution in [2.24, 2.45) is 0 Å². The molecule has 0 unspecified atom stereocenters. The van der Waals surface area contributed by atoms with E-state index in [0.29, 0.717) is 49.8 Å². The van der Waals surface area contributed by atoms with Crippen molar-refractivity contribution in [1.82, 2.24) is 20.1 Å². The Bertz CT molecular complexity index is 1330. The van der Waals surface area contributed by atoms with E-state index in [1.807, 2.05) is 61.7 Å². The second kappa shape index (κ2) is 13.6. The number of methoxy groups -OCH3 is 1. The number of fused-ring (bicyclic) bond motifs is 5. The maximum absolute atomic E-state index is 13.2. The lowest BCUT2D eigenvalue weighted by Gasteiger charge is -2.39. The zero-order chi connectivity index (χ0) is 28.6. The molecule has 9 heteroatoms. The molecule has 0 radical (unpaired) electrons. The van der Waals surface area contributed by atoms with Crippen LogP contribution in [0.1, 0.15) is 36.5 Å². The average molecular weight is 559 g/mol. The predicted molar refractivity (Wildman–Crippen MR) is 155 cm³/mol. The number of piperidine rings is 1. The summed E-state index contributed by atoms with van der Waals surface area (Å²) < 4.78 is 18.3. The number of carbonyl (C=O) groups is 2. The first-order valence-electron chi connectivity index (χ1n) is 14.2. The van der Waals surface area contributed by atoms with Crippen LogP contribution >= 0.6 is 0 Å². The van der Waals surface area contributed by atoms with Crippen LogP contribution in [0.3, 0.4) is 0 Å². The molecule has 5 rings (SSSR count). The number of aromatic nitrogens is 1. The maximum atomic E-state index is 13.2. The van der Waals surface area contributed by atoms with Gasteiger partial charge < -0.3 is 24.4 Å². The quantitative estimate of drug-likeness (QED) is 0.518. The number of nitrogens with zero attached hydrogens (tertiary/aromatic N) is 3. The summed E-state index contributed by atoms with van der Waals surface area (Å²) in [7, 11) is 1.61. The minimum Gasteiger partial charge on any atom is -0.493 e. The first kappa shape index (κ1) is 28.6. The van der Waals surface area contributed by atoms with E-state index < -0.39 is 0 Å². The van der Waals surface area contributed by atoms with Crippen molar-refractivity contribution in [1.29, 1.82) is 0 Å². The van der Waals surface area contributed by atoms with Gasteiger partial charge in [-0.3, -0.25) is 19.5 Å². The van der Waals surface area contributed by atoms with Crippen molar-refractivity contribution in [3.05, 3.63) is 83.7 Å². The Morgan fingerprint density at radius 3 is 2.78 bits per heavy atom. The Morgan fingerprint density at radius 1 is 1.07 bits per heavy atom. The SMILES string of the molecule is CCN1CC(=O)N[C@H]2CCN(Cc3cccnc3)C[C@@H]2OCc2cccc(c2)Oc2cc(ccc2OC)CCC1=O. The molecule has 2 aliphatic rings. The molecule has 1 N–H and O–H groups in total. The fraction of sp³-hybridized carbons (Fsp3) is 0.406. The largest absolute Gasteiger partial charge is 0.493 e. The zero-order valence-electron chi connectivity index (χ0n) is 23.8. The van der Waals surface area contributed by atoms with E-state index in [9.17, 15) is 9.59 Å². The van der Waals surface area contributed by atoms with Gasteiger partial charge in [0.05, 0.1) is 32.4 Å². The Hall–Kier alpha value is -3.95. The fourth-order valence-corrected chi connectivity index (χ4v) is 5.40. The summed E-state index contributed by atoms with van der Waals surface area (Å²) >= 11 is 0. The Kier molecular flexibility index (Phi) is 9.48. The number of amides is 2. The number of pyridine rings is 1. The lowest BCUT2D eigenvalue weighted by molar-refractivity contribution is -0.136. The number of hydrogen-bond acceptors (Lipinski definition) is 7. The molecule has 0 spiro atoms. The zero-order valence-corrected chi connectivity index (χ0v) is 23.8. The average Bonchev–Trinajstić information content (AvgIpc) is 2.99. The van der Waals surface area contributed by atoms with Gasteiger partial charge in [0.15, 0.2) is 11.5 Å². The van der Waals surface area contributed by atoms with Crippen molar-refractivity contribution in [2.45, 2.75) is 51.5 Å². The van der Waals surface area contributed by atoms with Crippen LogP contribution in [0.25, 0.3) is 0 Å². The summed E-state index contributed by atoms with van der Waals surface area (Å²) in [6.07, 6.45) is 4.99. The minimum absolute atomic E-state index is 0.0248. The standard InChI is InChI=1S/C32H38N4O5/c1-3-36-21-31(37)34-27-13-15-35(19-25-7-5-14-33-18-25)20-30(27)40-22-24-6-4-8-26(16-24)41-29-17-23(10-12-32(36)38)9-11-28(29)39-2/h4-9,11,14,16-18,27,30H,3,10,12-13,15,19-22H2,1-2H3,(H,34,37)/t27-,30-/m0/s1. The van der Waals surface area contributed by atoms with E-state index >= 15 is 0 Å². The van der Waals surface area contributed by atoms with Gasteiger partial charge in [-0.1, -0.05) is 24.3 Å². The van der Waals surface area contributed by atoms with Gasteiger partial charge in [-0.2, -0.15) is 0 Å². The van der Waals surface area contributed by atoms with Crippen LogP contribution < -0.4 is 14.8 Å². The number of aryl methyl sites for hydroxylation is 1. The second-order valence-electron chi connectivity index (χ2n) is 10.6. The summed E-state index contributed by atoms with van der Waals surface area (Å²) in [6.45, 7) is 4.99.